The van der Waals surface area contributed by atoms with Gasteiger partial charge < -0.3 is 10.0 Å². The van der Waals surface area contributed by atoms with Crippen molar-refractivity contribution in [1.82, 2.24) is 20.0 Å². The number of nitrogens with one attached hydrogen (secondary N) is 1. The minimum atomic E-state index is -0.800. The Hall–Kier alpha value is -3.03. The largest absolute Gasteiger partial charge is 0.480 e. The van der Waals surface area contributed by atoms with E-state index in [9.17, 15) is 14.3 Å². The highest BCUT2D eigenvalue weighted by Crippen LogP contribution is 2.43. The van der Waals surface area contributed by atoms with Gasteiger partial charge in [0, 0.05) is 37.2 Å². The van der Waals surface area contributed by atoms with Gasteiger partial charge in [0.1, 0.15) is 11.4 Å². The van der Waals surface area contributed by atoms with Gasteiger partial charge in [0.25, 0.3) is 0 Å². The van der Waals surface area contributed by atoms with Crippen molar-refractivity contribution in [3.63, 3.8) is 0 Å². The summed E-state index contributed by atoms with van der Waals surface area (Å²) in [6.45, 7) is 6.11. The van der Waals surface area contributed by atoms with Crippen LogP contribution in [0.25, 0.3) is 0 Å². The van der Waals surface area contributed by atoms with E-state index in [0.29, 0.717) is 24.7 Å². The number of carbonyl (C=O) groups is 1. The van der Waals surface area contributed by atoms with E-state index in [1.165, 1.54) is 17.3 Å². The summed E-state index contributed by atoms with van der Waals surface area (Å²) in [7, 11) is 0. The quantitative estimate of drug-likeness (QED) is 0.296. The summed E-state index contributed by atoms with van der Waals surface area (Å²) in [5, 5.41) is 18.6. The van der Waals surface area contributed by atoms with Crippen molar-refractivity contribution < 1.29 is 14.3 Å². The fourth-order valence-corrected chi connectivity index (χ4v) is 8.08. The van der Waals surface area contributed by atoms with Crippen LogP contribution in [0, 0.1) is 11.7 Å². The second-order valence-electron chi connectivity index (χ2n) is 12.9. The lowest BCUT2D eigenvalue weighted by molar-refractivity contribution is -0.145. The average Bonchev–Trinajstić information content (AvgIpc) is 3.74. The Labute approximate surface area is 249 Å². The first kappa shape index (κ1) is 29.1. The lowest BCUT2D eigenvalue weighted by atomic mass is 9.87. The molecule has 2 aliphatic carbocycles. The monoisotopic (exact) mass is 572 g/mol. The van der Waals surface area contributed by atoms with Crippen LogP contribution in [0.3, 0.4) is 0 Å². The minimum absolute atomic E-state index is 0.136. The van der Waals surface area contributed by atoms with Gasteiger partial charge in [0.05, 0.1) is 5.69 Å². The highest BCUT2D eigenvalue weighted by atomic mass is 19.1. The Bertz CT molecular complexity index is 1340. The summed E-state index contributed by atoms with van der Waals surface area (Å²) in [6.07, 6.45) is 8.19. The number of piperidine rings is 1. The number of carboxylic acid groups (broad SMARTS) is 1. The molecule has 3 fully saturated rings. The third kappa shape index (κ3) is 6.32. The zero-order chi connectivity index (χ0) is 29.1. The topological polar surface area (TPSA) is 70.4 Å². The fraction of sp³-hybridized carbons (Fsp3) is 0.543. The Kier molecular flexibility index (Phi) is 8.77. The van der Waals surface area contributed by atoms with E-state index >= 15 is 0 Å². The molecule has 42 heavy (non-hydrogen) atoms. The van der Waals surface area contributed by atoms with Crippen molar-refractivity contribution in [1.29, 1.82) is 0 Å². The number of aryl methyl sites for hydroxylation is 1. The normalized spacial score (nSPS) is 24.8. The van der Waals surface area contributed by atoms with Gasteiger partial charge in [-0.05, 0) is 99.7 Å². The van der Waals surface area contributed by atoms with Gasteiger partial charge in [-0.15, -0.1) is 0 Å². The van der Waals surface area contributed by atoms with Crippen molar-refractivity contribution in [2.45, 2.75) is 94.7 Å². The van der Waals surface area contributed by atoms with Gasteiger partial charge in [0.15, 0.2) is 0 Å². The second kappa shape index (κ2) is 12.7. The van der Waals surface area contributed by atoms with Crippen molar-refractivity contribution >= 4 is 5.97 Å². The van der Waals surface area contributed by atoms with E-state index in [1.807, 2.05) is 6.07 Å². The number of carboxylic acids is 1. The molecule has 1 aliphatic heterocycles. The summed E-state index contributed by atoms with van der Waals surface area (Å²) in [5.74, 6) is 0.191. The zero-order valence-corrected chi connectivity index (χ0v) is 24.9. The smallest absolute Gasteiger partial charge is 0.323 e. The van der Waals surface area contributed by atoms with Crippen LogP contribution in [-0.2, 0) is 17.8 Å². The van der Waals surface area contributed by atoms with Crippen LogP contribution in [0.2, 0.25) is 0 Å². The van der Waals surface area contributed by atoms with Crippen LogP contribution in [0.1, 0.15) is 92.6 Å². The van der Waals surface area contributed by atoms with Gasteiger partial charge in [-0.2, -0.15) is 5.10 Å². The number of rotatable bonds is 10. The van der Waals surface area contributed by atoms with Crippen LogP contribution in [-0.4, -0.2) is 57.0 Å². The molecule has 3 atom stereocenters. The number of aromatic nitrogens is 2. The summed E-state index contributed by atoms with van der Waals surface area (Å²) < 4.78 is 16.5. The molecule has 0 unspecified atom stereocenters. The molecule has 0 radical (unpaired) electrons. The number of hydrogen-bond acceptors (Lipinski definition) is 4. The zero-order valence-electron chi connectivity index (χ0n) is 24.9. The van der Waals surface area contributed by atoms with E-state index in [-0.39, 0.29) is 17.8 Å². The second-order valence-corrected chi connectivity index (χ2v) is 12.9. The first-order chi connectivity index (χ1) is 20.4. The third-order valence-electron chi connectivity index (χ3n) is 10.2. The summed E-state index contributed by atoms with van der Waals surface area (Å²) >= 11 is 0. The first-order valence-electron chi connectivity index (χ1n) is 16.0. The minimum Gasteiger partial charge on any atom is -0.480 e. The first-order valence-corrected chi connectivity index (χ1v) is 16.0. The highest BCUT2D eigenvalue weighted by molar-refractivity contribution is 5.79. The van der Waals surface area contributed by atoms with Gasteiger partial charge in [-0.25, -0.2) is 4.39 Å². The highest BCUT2D eigenvalue weighted by Gasteiger charge is 2.46. The van der Waals surface area contributed by atoms with Gasteiger partial charge in [-0.1, -0.05) is 55.3 Å². The van der Waals surface area contributed by atoms with E-state index < -0.39 is 11.5 Å². The molecule has 3 aliphatic rings. The van der Waals surface area contributed by atoms with Crippen molar-refractivity contribution in [3.05, 3.63) is 89.0 Å². The maximum Gasteiger partial charge on any atom is 0.323 e. The molecule has 6 nitrogen and oxygen atoms in total. The molecular formula is C35H45FN4O2. The maximum atomic E-state index is 14.3. The molecule has 0 bridgehead atoms. The van der Waals surface area contributed by atoms with Crippen molar-refractivity contribution in [2.24, 2.45) is 5.92 Å². The SMILES string of the molecule is CCn1nc(Cc2ccccc2)cc1C1CCN(C[C@H]2C[C@H](NC3(C(=O)O)CCCC3)C[C@@H]2c2cccc(F)c2)CC1. The van der Waals surface area contributed by atoms with Crippen LogP contribution < -0.4 is 5.32 Å². The van der Waals surface area contributed by atoms with Gasteiger partial charge in [-0.3, -0.25) is 14.8 Å². The van der Waals surface area contributed by atoms with E-state index in [0.717, 1.165) is 82.4 Å². The molecule has 2 saturated carbocycles. The molecule has 2 N–H and O–H groups in total. The fourth-order valence-electron chi connectivity index (χ4n) is 8.08. The maximum absolute atomic E-state index is 14.3. The van der Waals surface area contributed by atoms with Crippen molar-refractivity contribution in [3.8, 4) is 0 Å². The molecular weight excluding hydrogens is 527 g/mol. The average molecular weight is 573 g/mol. The predicted molar refractivity (Wildman–Crippen MR) is 163 cm³/mol. The van der Waals surface area contributed by atoms with Crippen LogP contribution in [0.5, 0.6) is 0 Å². The molecule has 7 heteroatoms. The molecule has 6 rings (SSSR count). The molecule has 2 aromatic carbocycles. The van der Waals surface area contributed by atoms with E-state index in [4.69, 9.17) is 5.10 Å². The van der Waals surface area contributed by atoms with Gasteiger partial charge in [0.2, 0.25) is 0 Å². The number of likely N-dealkylation sites (tertiary alicyclic amines) is 1. The Balaban J connectivity index is 1.12. The Morgan fingerprint density at radius 3 is 2.50 bits per heavy atom. The summed E-state index contributed by atoms with van der Waals surface area (Å²) in [5.41, 5.74) is 4.05. The van der Waals surface area contributed by atoms with E-state index in [1.54, 1.807) is 6.07 Å². The lowest BCUT2D eigenvalue weighted by Crippen LogP contribution is -2.53. The molecule has 224 valence electrons. The van der Waals surface area contributed by atoms with Crippen LogP contribution in [0.15, 0.2) is 60.7 Å². The third-order valence-corrected chi connectivity index (χ3v) is 10.2. The number of halogens is 1. The molecule has 1 aromatic heterocycles. The number of nitrogens with zero attached hydrogens (tertiary/aromatic N) is 3. The predicted octanol–water partition coefficient (Wildman–Crippen LogP) is 6.36. The summed E-state index contributed by atoms with van der Waals surface area (Å²) in [6, 6.07) is 20.1. The Morgan fingerprint density at radius 2 is 1.81 bits per heavy atom. The molecule has 0 spiro atoms. The Morgan fingerprint density at radius 1 is 1.05 bits per heavy atom. The molecule has 2 heterocycles. The van der Waals surface area contributed by atoms with Gasteiger partial charge >= 0.3 is 5.97 Å². The lowest BCUT2D eigenvalue weighted by Gasteiger charge is -2.35. The number of aliphatic carboxylic acids is 1. The van der Waals surface area contributed by atoms with Crippen molar-refractivity contribution in [2.75, 3.05) is 19.6 Å². The number of benzene rings is 2. The van der Waals surface area contributed by atoms with Crippen LogP contribution in [0.4, 0.5) is 4.39 Å². The number of hydrogen-bond donors (Lipinski definition) is 2. The summed E-state index contributed by atoms with van der Waals surface area (Å²) in [4.78, 5) is 14.9. The van der Waals surface area contributed by atoms with E-state index in [2.05, 4.69) is 64.3 Å². The van der Waals surface area contributed by atoms with Crippen LogP contribution >= 0.6 is 0 Å². The molecule has 1 saturated heterocycles. The standard InChI is InChI=1S/C35H45FN4O2/c1-2-40-33(23-31(38-40)19-25-9-4-3-5-10-25)26-13-17-39(18-14-26)24-28-21-30(37-35(34(41)42)15-6-7-16-35)22-32(28)27-11-8-12-29(36)20-27/h3-5,8-12,20,23,26,28,30,32,37H,2,6-7,13-19,21-22,24H2,1H3,(H,41,42)/t28-,30+,32-/m1/s1. The molecule has 3 aromatic rings. The molecule has 0 amide bonds.